The predicted octanol–water partition coefficient (Wildman–Crippen LogP) is 4.91. The van der Waals surface area contributed by atoms with Crippen molar-refractivity contribution in [2.75, 3.05) is 12.4 Å². The number of hydrogen-bond donors (Lipinski definition) is 1. The minimum Gasteiger partial charge on any atom is -0.387 e. The molecular formula is C12H9Cl2F3N2. The van der Waals surface area contributed by atoms with Crippen LogP contribution in [0, 0.1) is 6.92 Å². The fourth-order valence-corrected chi connectivity index (χ4v) is 2.52. The molecular weight excluding hydrogens is 300 g/mol. The van der Waals surface area contributed by atoms with E-state index in [2.05, 4.69) is 10.3 Å². The summed E-state index contributed by atoms with van der Waals surface area (Å²) in [7, 11) is 1.54. The molecule has 0 amide bonds. The summed E-state index contributed by atoms with van der Waals surface area (Å²) >= 11 is 11.8. The van der Waals surface area contributed by atoms with Crippen LogP contribution >= 0.6 is 23.2 Å². The van der Waals surface area contributed by atoms with E-state index in [0.29, 0.717) is 16.1 Å². The van der Waals surface area contributed by atoms with Crippen molar-refractivity contribution in [1.82, 2.24) is 4.98 Å². The highest BCUT2D eigenvalue weighted by Gasteiger charge is 2.36. The van der Waals surface area contributed by atoms with Gasteiger partial charge in [0.25, 0.3) is 0 Å². The number of anilines is 1. The Balaban J connectivity index is 2.95. The Hall–Kier alpha value is -1.20. The van der Waals surface area contributed by atoms with Crippen LogP contribution in [0.3, 0.4) is 0 Å². The van der Waals surface area contributed by atoms with Crippen molar-refractivity contribution in [2.24, 2.45) is 0 Å². The van der Waals surface area contributed by atoms with E-state index in [9.17, 15) is 13.2 Å². The van der Waals surface area contributed by atoms with Crippen LogP contribution in [0.4, 0.5) is 18.9 Å². The molecule has 0 saturated carbocycles. The Bertz CT molecular complexity index is 654. The van der Waals surface area contributed by atoms with Crippen molar-refractivity contribution in [1.29, 1.82) is 0 Å². The van der Waals surface area contributed by atoms with Gasteiger partial charge in [-0.3, -0.25) is 0 Å². The van der Waals surface area contributed by atoms with Crippen LogP contribution in [0.25, 0.3) is 10.9 Å². The maximum absolute atomic E-state index is 12.9. The number of fused-ring (bicyclic) bond motifs is 1. The lowest BCUT2D eigenvalue weighted by atomic mass is 10.1. The van der Waals surface area contributed by atoms with E-state index in [1.54, 1.807) is 0 Å². The van der Waals surface area contributed by atoms with Gasteiger partial charge in [0.05, 0.1) is 10.5 Å². The second-order valence-corrected chi connectivity index (χ2v) is 4.84. The molecule has 0 radical (unpaired) electrons. The van der Waals surface area contributed by atoms with Crippen LogP contribution in [-0.4, -0.2) is 12.0 Å². The SMILES string of the molecule is CNc1c(C)c(C(F)(F)F)nc2c(Cl)cc(Cl)cc12. The zero-order valence-electron chi connectivity index (χ0n) is 9.99. The zero-order valence-corrected chi connectivity index (χ0v) is 11.5. The van der Waals surface area contributed by atoms with Gasteiger partial charge in [0.1, 0.15) is 5.69 Å². The molecule has 0 aliphatic carbocycles. The minimum atomic E-state index is -4.53. The molecule has 19 heavy (non-hydrogen) atoms. The zero-order chi connectivity index (χ0) is 14.4. The van der Waals surface area contributed by atoms with E-state index in [1.165, 1.54) is 26.1 Å². The van der Waals surface area contributed by atoms with Crippen LogP contribution in [-0.2, 0) is 6.18 Å². The summed E-state index contributed by atoms with van der Waals surface area (Å²) in [5, 5.41) is 3.64. The lowest BCUT2D eigenvalue weighted by Gasteiger charge is -2.16. The van der Waals surface area contributed by atoms with Crippen molar-refractivity contribution < 1.29 is 13.2 Å². The first-order chi connectivity index (χ1) is 8.75. The van der Waals surface area contributed by atoms with E-state index < -0.39 is 11.9 Å². The smallest absolute Gasteiger partial charge is 0.387 e. The van der Waals surface area contributed by atoms with Gasteiger partial charge >= 0.3 is 6.18 Å². The molecule has 1 N–H and O–H groups in total. The van der Waals surface area contributed by atoms with Crippen LogP contribution in [0.5, 0.6) is 0 Å². The Morgan fingerprint density at radius 3 is 2.37 bits per heavy atom. The van der Waals surface area contributed by atoms with Crippen LogP contribution < -0.4 is 5.32 Å². The number of hydrogen-bond acceptors (Lipinski definition) is 2. The maximum Gasteiger partial charge on any atom is 0.433 e. The van der Waals surface area contributed by atoms with E-state index in [0.717, 1.165) is 0 Å². The maximum atomic E-state index is 12.9. The molecule has 102 valence electrons. The summed E-state index contributed by atoms with van der Waals surface area (Å²) in [6.07, 6.45) is -4.53. The number of benzene rings is 1. The fourth-order valence-electron chi connectivity index (χ4n) is 1.98. The summed E-state index contributed by atoms with van der Waals surface area (Å²) in [4.78, 5) is 3.64. The van der Waals surface area contributed by atoms with Crippen LogP contribution in [0.15, 0.2) is 12.1 Å². The first-order valence-electron chi connectivity index (χ1n) is 5.30. The van der Waals surface area contributed by atoms with Crippen LogP contribution in [0.2, 0.25) is 10.0 Å². The molecule has 2 rings (SSSR count). The number of halogens is 5. The van der Waals surface area contributed by atoms with Gasteiger partial charge in [-0.05, 0) is 19.1 Å². The third kappa shape index (κ3) is 2.44. The Kier molecular flexibility index (Phi) is 3.53. The Labute approximate surface area is 117 Å². The van der Waals surface area contributed by atoms with Gasteiger partial charge in [-0.2, -0.15) is 13.2 Å². The Morgan fingerprint density at radius 2 is 1.84 bits per heavy atom. The van der Waals surface area contributed by atoms with Gasteiger partial charge in [-0.1, -0.05) is 23.2 Å². The third-order valence-electron chi connectivity index (χ3n) is 2.77. The molecule has 1 aromatic carbocycles. The lowest BCUT2D eigenvalue weighted by Crippen LogP contribution is -2.12. The topological polar surface area (TPSA) is 24.9 Å². The normalized spacial score (nSPS) is 11.9. The summed E-state index contributed by atoms with van der Waals surface area (Å²) < 4.78 is 38.8. The molecule has 1 aromatic heterocycles. The van der Waals surface area contributed by atoms with E-state index in [1.807, 2.05) is 0 Å². The fraction of sp³-hybridized carbons (Fsp3) is 0.250. The predicted molar refractivity (Wildman–Crippen MR) is 71.0 cm³/mol. The highest BCUT2D eigenvalue weighted by atomic mass is 35.5. The minimum absolute atomic E-state index is 0.0147. The van der Waals surface area contributed by atoms with E-state index in [4.69, 9.17) is 23.2 Å². The number of alkyl halides is 3. The molecule has 0 fully saturated rings. The van der Waals surface area contributed by atoms with Gasteiger partial charge in [0, 0.05) is 28.7 Å². The van der Waals surface area contributed by atoms with Crippen molar-refractivity contribution in [3.63, 3.8) is 0 Å². The molecule has 0 unspecified atom stereocenters. The van der Waals surface area contributed by atoms with Crippen LogP contribution in [0.1, 0.15) is 11.3 Å². The lowest BCUT2D eigenvalue weighted by molar-refractivity contribution is -0.141. The summed E-state index contributed by atoms with van der Waals surface area (Å²) in [5.41, 5.74) is -0.538. The molecule has 2 aromatic rings. The second kappa shape index (κ2) is 4.72. The first-order valence-corrected chi connectivity index (χ1v) is 6.05. The Morgan fingerprint density at radius 1 is 1.21 bits per heavy atom. The second-order valence-electron chi connectivity index (χ2n) is 3.99. The standard InChI is InChI=1S/C12H9Cl2F3N2/c1-5-9(18-2)7-3-6(13)4-8(14)10(7)19-11(5)12(15,16)17/h3-4H,1-2H3,(H,18,19). The molecule has 0 bridgehead atoms. The largest absolute Gasteiger partial charge is 0.433 e. The molecule has 2 nitrogen and oxygen atoms in total. The molecule has 7 heteroatoms. The molecule has 1 heterocycles. The highest BCUT2D eigenvalue weighted by molar-refractivity contribution is 6.38. The highest BCUT2D eigenvalue weighted by Crippen LogP contribution is 2.39. The third-order valence-corrected chi connectivity index (χ3v) is 3.28. The average Bonchev–Trinajstić information content (AvgIpc) is 2.26. The average molecular weight is 309 g/mol. The van der Waals surface area contributed by atoms with E-state index in [-0.39, 0.29) is 16.1 Å². The molecule has 0 aliphatic heterocycles. The van der Waals surface area contributed by atoms with E-state index >= 15 is 0 Å². The molecule has 0 saturated heterocycles. The number of aromatic nitrogens is 1. The molecule has 0 spiro atoms. The van der Waals surface area contributed by atoms with Crippen molar-refractivity contribution in [3.05, 3.63) is 33.4 Å². The van der Waals surface area contributed by atoms with Gasteiger partial charge in [0.2, 0.25) is 0 Å². The summed E-state index contributed by atoms with van der Waals surface area (Å²) in [6.45, 7) is 1.36. The quantitative estimate of drug-likeness (QED) is 0.809. The van der Waals surface area contributed by atoms with Crippen molar-refractivity contribution >= 4 is 39.8 Å². The van der Waals surface area contributed by atoms with Crippen molar-refractivity contribution in [2.45, 2.75) is 13.1 Å². The summed E-state index contributed by atoms with van der Waals surface area (Å²) in [6, 6.07) is 2.90. The number of nitrogens with zero attached hydrogens (tertiary/aromatic N) is 1. The van der Waals surface area contributed by atoms with Crippen molar-refractivity contribution in [3.8, 4) is 0 Å². The molecule has 0 aliphatic rings. The van der Waals surface area contributed by atoms with Gasteiger partial charge in [-0.25, -0.2) is 4.98 Å². The first kappa shape index (κ1) is 14.2. The van der Waals surface area contributed by atoms with Gasteiger partial charge < -0.3 is 5.32 Å². The number of pyridine rings is 1. The number of rotatable bonds is 1. The van der Waals surface area contributed by atoms with Gasteiger partial charge in [-0.15, -0.1) is 0 Å². The molecule has 0 atom stereocenters. The monoisotopic (exact) mass is 308 g/mol. The van der Waals surface area contributed by atoms with Gasteiger partial charge in [0.15, 0.2) is 0 Å². The number of nitrogens with one attached hydrogen (secondary N) is 1. The summed E-state index contributed by atoms with van der Waals surface area (Å²) in [5.74, 6) is 0.